The first-order valence-corrected chi connectivity index (χ1v) is 11.1. The largest absolute Gasteiger partial charge is 0.383 e. The summed E-state index contributed by atoms with van der Waals surface area (Å²) in [6.45, 7) is 3.12. The SMILES string of the molecule is COCCN1CC(NC(=O)Nc2cc(Cl)cnc2-c2ccccc2)[C@H](c2ccccc2)C1. The lowest BCUT2D eigenvalue weighted by Gasteiger charge is -2.21. The van der Waals surface area contributed by atoms with E-state index in [2.05, 4.69) is 32.7 Å². The van der Waals surface area contributed by atoms with Gasteiger partial charge in [0.15, 0.2) is 0 Å². The van der Waals surface area contributed by atoms with Crippen molar-refractivity contribution >= 4 is 23.3 Å². The molecule has 0 spiro atoms. The second kappa shape index (κ2) is 10.6. The fraction of sp³-hybridized carbons (Fsp3) is 0.280. The molecule has 1 aliphatic rings. The Labute approximate surface area is 193 Å². The highest BCUT2D eigenvalue weighted by atomic mass is 35.5. The van der Waals surface area contributed by atoms with Crippen molar-refractivity contribution in [3.63, 3.8) is 0 Å². The molecule has 0 saturated carbocycles. The van der Waals surface area contributed by atoms with Crippen LogP contribution in [0.25, 0.3) is 11.3 Å². The van der Waals surface area contributed by atoms with E-state index in [1.54, 1.807) is 19.4 Å². The molecule has 1 unspecified atom stereocenters. The Morgan fingerprint density at radius 1 is 1.12 bits per heavy atom. The maximum atomic E-state index is 13.0. The highest BCUT2D eigenvalue weighted by Gasteiger charge is 2.34. The average molecular weight is 451 g/mol. The third-order valence-corrected chi connectivity index (χ3v) is 5.91. The number of rotatable bonds is 7. The lowest BCUT2D eigenvalue weighted by Crippen LogP contribution is -2.42. The molecule has 7 heteroatoms. The number of carbonyl (C=O) groups excluding carboxylic acids is 1. The zero-order valence-corrected chi connectivity index (χ0v) is 18.8. The highest BCUT2D eigenvalue weighted by molar-refractivity contribution is 6.30. The van der Waals surface area contributed by atoms with E-state index in [1.807, 2.05) is 48.5 Å². The van der Waals surface area contributed by atoms with E-state index in [0.717, 1.165) is 25.2 Å². The number of aromatic nitrogens is 1. The second-order valence-corrected chi connectivity index (χ2v) is 8.33. The summed E-state index contributed by atoms with van der Waals surface area (Å²) < 4.78 is 5.25. The number of hydrogen-bond donors (Lipinski definition) is 2. The Morgan fingerprint density at radius 2 is 1.84 bits per heavy atom. The molecule has 0 aliphatic carbocycles. The molecule has 2 amide bonds. The Kier molecular flexibility index (Phi) is 7.37. The smallest absolute Gasteiger partial charge is 0.319 e. The molecule has 2 N–H and O–H groups in total. The van der Waals surface area contributed by atoms with Gasteiger partial charge in [0, 0.05) is 44.4 Å². The normalized spacial score (nSPS) is 18.4. The van der Waals surface area contributed by atoms with Crippen LogP contribution in [0, 0.1) is 0 Å². The van der Waals surface area contributed by atoms with Crippen molar-refractivity contribution in [2.24, 2.45) is 0 Å². The van der Waals surface area contributed by atoms with Gasteiger partial charge in [-0.1, -0.05) is 72.3 Å². The third-order valence-electron chi connectivity index (χ3n) is 5.70. The number of methoxy groups -OCH3 is 1. The highest BCUT2D eigenvalue weighted by Crippen LogP contribution is 2.30. The molecule has 6 nitrogen and oxygen atoms in total. The molecule has 32 heavy (non-hydrogen) atoms. The lowest BCUT2D eigenvalue weighted by molar-refractivity contribution is 0.159. The molecule has 0 bridgehead atoms. The van der Waals surface area contributed by atoms with Crippen LogP contribution in [0.1, 0.15) is 11.5 Å². The van der Waals surface area contributed by atoms with Gasteiger partial charge in [-0.15, -0.1) is 0 Å². The predicted octanol–water partition coefficient (Wildman–Crippen LogP) is 4.64. The summed E-state index contributed by atoms with van der Waals surface area (Å²) in [5, 5.41) is 6.61. The number of pyridine rings is 1. The average Bonchev–Trinajstić information content (AvgIpc) is 3.21. The van der Waals surface area contributed by atoms with Crippen LogP contribution >= 0.6 is 11.6 Å². The first-order valence-electron chi connectivity index (χ1n) is 10.7. The maximum Gasteiger partial charge on any atom is 0.319 e. The molecule has 2 atom stereocenters. The van der Waals surface area contributed by atoms with Crippen molar-refractivity contribution < 1.29 is 9.53 Å². The van der Waals surface area contributed by atoms with Gasteiger partial charge in [0.05, 0.1) is 29.1 Å². The van der Waals surface area contributed by atoms with E-state index in [0.29, 0.717) is 23.0 Å². The minimum atomic E-state index is -0.272. The van der Waals surface area contributed by atoms with Gasteiger partial charge < -0.3 is 15.4 Å². The van der Waals surface area contributed by atoms with Crippen molar-refractivity contribution in [3.8, 4) is 11.3 Å². The monoisotopic (exact) mass is 450 g/mol. The fourth-order valence-electron chi connectivity index (χ4n) is 4.16. The lowest BCUT2D eigenvalue weighted by atomic mass is 9.94. The van der Waals surface area contributed by atoms with Crippen LogP contribution < -0.4 is 10.6 Å². The van der Waals surface area contributed by atoms with Gasteiger partial charge >= 0.3 is 6.03 Å². The van der Waals surface area contributed by atoms with E-state index < -0.39 is 0 Å². The zero-order valence-electron chi connectivity index (χ0n) is 18.0. The molecule has 2 aromatic carbocycles. The molecule has 4 rings (SSSR count). The summed E-state index contributed by atoms with van der Waals surface area (Å²) in [5.74, 6) is 0.199. The first-order chi connectivity index (χ1) is 15.6. The number of amides is 2. The molecule has 1 aliphatic heterocycles. The Bertz CT molecular complexity index is 1030. The van der Waals surface area contributed by atoms with Crippen LogP contribution in [0.15, 0.2) is 72.9 Å². The summed E-state index contributed by atoms with van der Waals surface area (Å²) in [7, 11) is 1.71. The number of anilines is 1. The standard InChI is InChI=1S/C25H27ClN4O2/c1-32-13-12-30-16-21(18-8-4-2-5-9-18)23(17-30)29-25(31)28-22-14-20(26)15-27-24(22)19-10-6-3-7-11-19/h2-11,14-15,21,23H,12-13,16-17H2,1H3,(H2,28,29,31)/t21-,23?/m0/s1. The minimum Gasteiger partial charge on any atom is -0.383 e. The van der Waals surface area contributed by atoms with Crippen LogP contribution in [0.4, 0.5) is 10.5 Å². The van der Waals surface area contributed by atoms with E-state index >= 15 is 0 Å². The maximum absolute atomic E-state index is 13.0. The van der Waals surface area contributed by atoms with Crippen molar-refractivity contribution in [3.05, 3.63) is 83.5 Å². The van der Waals surface area contributed by atoms with Gasteiger partial charge in [-0.2, -0.15) is 0 Å². The Hall–Kier alpha value is -2.93. The number of ether oxygens (including phenoxy) is 1. The number of nitrogens with zero attached hydrogens (tertiary/aromatic N) is 2. The van der Waals surface area contributed by atoms with Gasteiger partial charge in [-0.25, -0.2) is 4.79 Å². The van der Waals surface area contributed by atoms with Crippen LogP contribution in [-0.4, -0.2) is 55.3 Å². The number of nitrogens with one attached hydrogen (secondary N) is 2. The van der Waals surface area contributed by atoms with Crippen molar-refractivity contribution in [1.82, 2.24) is 15.2 Å². The number of benzene rings is 2. The zero-order chi connectivity index (χ0) is 22.3. The number of halogens is 1. The molecule has 1 saturated heterocycles. The summed E-state index contributed by atoms with van der Waals surface area (Å²) in [5.41, 5.74) is 3.38. The molecule has 0 radical (unpaired) electrons. The van der Waals surface area contributed by atoms with E-state index in [1.165, 1.54) is 5.56 Å². The predicted molar refractivity (Wildman–Crippen MR) is 128 cm³/mol. The molecule has 1 aromatic heterocycles. The van der Waals surface area contributed by atoms with Crippen LogP contribution in [0.5, 0.6) is 0 Å². The number of likely N-dealkylation sites (tertiary alicyclic amines) is 1. The van der Waals surface area contributed by atoms with Crippen LogP contribution in [-0.2, 0) is 4.74 Å². The summed E-state index contributed by atoms with van der Waals surface area (Å²) in [6, 6.07) is 21.5. The summed E-state index contributed by atoms with van der Waals surface area (Å²) >= 11 is 6.18. The molecular formula is C25H27ClN4O2. The number of urea groups is 1. The third kappa shape index (κ3) is 5.46. The van der Waals surface area contributed by atoms with Crippen molar-refractivity contribution in [1.29, 1.82) is 0 Å². The second-order valence-electron chi connectivity index (χ2n) is 7.89. The topological polar surface area (TPSA) is 66.5 Å². The van der Waals surface area contributed by atoms with Crippen LogP contribution in [0.2, 0.25) is 5.02 Å². The van der Waals surface area contributed by atoms with Gasteiger partial charge in [0.1, 0.15) is 0 Å². The molecule has 3 aromatic rings. The molecule has 166 valence electrons. The quantitative estimate of drug-likeness (QED) is 0.550. The Balaban J connectivity index is 1.51. The summed E-state index contributed by atoms with van der Waals surface area (Å²) in [6.07, 6.45) is 1.59. The van der Waals surface area contributed by atoms with Crippen molar-refractivity contribution in [2.45, 2.75) is 12.0 Å². The summed E-state index contributed by atoms with van der Waals surface area (Å²) in [4.78, 5) is 19.8. The number of hydrogen-bond acceptors (Lipinski definition) is 4. The van der Waals surface area contributed by atoms with Gasteiger partial charge in [-0.05, 0) is 11.6 Å². The van der Waals surface area contributed by atoms with Gasteiger partial charge in [-0.3, -0.25) is 9.88 Å². The van der Waals surface area contributed by atoms with Gasteiger partial charge in [0.2, 0.25) is 0 Å². The molecule has 1 fully saturated rings. The fourth-order valence-corrected chi connectivity index (χ4v) is 4.32. The van der Waals surface area contributed by atoms with Gasteiger partial charge in [0.25, 0.3) is 0 Å². The molecule has 2 heterocycles. The van der Waals surface area contributed by atoms with E-state index in [9.17, 15) is 4.79 Å². The first kappa shape index (κ1) is 22.3. The van der Waals surface area contributed by atoms with Crippen LogP contribution in [0.3, 0.4) is 0 Å². The Morgan fingerprint density at radius 3 is 2.56 bits per heavy atom. The van der Waals surface area contributed by atoms with Crippen molar-refractivity contribution in [2.75, 3.05) is 38.7 Å². The number of carbonyl (C=O) groups is 1. The molecular weight excluding hydrogens is 424 g/mol. The minimum absolute atomic E-state index is 0.0263. The van der Waals surface area contributed by atoms with E-state index in [-0.39, 0.29) is 18.0 Å². The van der Waals surface area contributed by atoms with E-state index in [4.69, 9.17) is 16.3 Å².